The summed E-state index contributed by atoms with van der Waals surface area (Å²) < 4.78 is 2.06. The molecule has 0 bridgehead atoms. The molecule has 0 radical (unpaired) electrons. The number of likely N-dealkylation sites (tertiary alicyclic amines) is 1. The van der Waals surface area contributed by atoms with Crippen LogP contribution in [-0.2, 0) is 4.79 Å². The molecule has 7 heteroatoms. The zero-order chi connectivity index (χ0) is 23.5. The van der Waals surface area contributed by atoms with E-state index in [1.165, 1.54) is 17.3 Å². The van der Waals surface area contributed by atoms with E-state index in [1.807, 2.05) is 47.4 Å². The molecule has 3 heterocycles. The van der Waals surface area contributed by atoms with Crippen LogP contribution in [0.3, 0.4) is 0 Å². The summed E-state index contributed by atoms with van der Waals surface area (Å²) in [6, 6.07) is 20.2. The van der Waals surface area contributed by atoms with Gasteiger partial charge in [-0.1, -0.05) is 59.8 Å². The fraction of sp³-hybridized carbons (Fsp3) is 0.259. The maximum atomic E-state index is 13.6. The van der Waals surface area contributed by atoms with Gasteiger partial charge in [-0.25, -0.2) is 0 Å². The Balaban J connectivity index is 1.62. The molecular formula is C27H27N5OS. The minimum absolute atomic E-state index is 0.131. The van der Waals surface area contributed by atoms with Crippen molar-refractivity contribution in [1.82, 2.24) is 24.6 Å². The van der Waals surface area contributed by atoms with Gasteiger partial charge in [-0.3, -0.25) is 14.3 Å². The molecule has 172 valence electrons. The lowest BCUT2D eigenvalue weighted by Crippen LogP contribution is -2.31. The highest BCUT2D eigenvalue weighted by atomic mass is 32.2. The predicted molar refractivity (Wildman–Crippen MR) is 135 cm³/mol. The van der Waals surface area contributed by atoms with Crippen LogP contribution in [0, 0.1) is 13.8 Å². The van der Waals surface area contributed by atoms with E-state index in [1.54, 1.807) is 12.4 Å². The smallest absolute Gasteiger partial charge is 0.240 e. The summed E-state index contributed by atoms with van der Waals surface area (Å²) in [5.41, 5.74) is 5.16. The third-order valence-corrected chi connectivity index (χ3v) is 7.30. The number of nitrogens with zero attached hydrogens (tertiary/aromatic N) is 5. The van der Waals surface area contributed by atoms with Gasteiger partial charge in [0.25, 0.3) is 0 Å². The normalized spacial score (nSPS) is 14.4. The van der Waals surface area contributed by atoms with Crippen LogP contribution in [0.5, 0.6) is 0 Å². The van der Waals surface area contributed by atoms with Crippen molar-refractivity contribution in [2.45, 2.75) is 37.1 Å². The molecule has 1 saturated heterocycles. The molecule has 1 amide bonds. The Labute approximate surface area is 204 Å². The minimum Gasteiger partial charge on any atom is -0.341 e. The summed E-state index contributed by atoms with van der Waals surface area (Å²) in [5.74, 6) is 0.842. The van der Waals surface area contributed by atoms with E-state index in [-0.39, 0.29) is 5.91 Å². The number of aromatic nitrogens is 4. The molecule has 1 fully saturated rings. The monoisotopic (exact) mass is 469 g/mol. The molecule has 1 aliphatic heterocycles. The molecular weight excluding hydrogens is 442 g/mol. The van der Waals surface area contributed by atoms with E-state index in [2.05, 4.69) is 51.8 Å². The summed E-state index contributed by atoms with van der Waals surface area (Å²) in [6.07, 6.45) is 5.66. The summed E-state index contributed by atoms with van der Waals surface area (Å²) in [7, 11) is 0. The molecule has 2 aromatic heterocycles. The first-order valence-electron chi connectivity index (χ1n) is 11.6. The molecule has 0 aliphatic carbocycles. The quantitative estimate of drug-likeness (QED) is 0.354. The molecule has 4 aromatic rings. The summed E-state index contributed by atoms with van der Waals surface area (Å²) in [6.45, 7) is 5.80. The van der Waals surface area contributed by atoms with Crippen LogP contribution in [0.1, 0.15) is 34.8 Å². The molecule has 5 rings (SSSR count). The highest BCUT2D eigenvalue weighted by molar-refractivity contribution is 8.00. The van der Waals surface area contributed by atoms with E-state index >= 15 is 0 Å². The van der Waals surface area contributed by atoms with E-state index in [4.69, 9.17) is 0 Å². The molecule has 1 atom stereocenters. The second-order valence-electron chi connectivity index (χ2n) is 8.61. The van der Waals surface area contributed by atoms with Crippen LogP contribution >= 0.6 is 11.8 Å². The van der Waals surface area contributed by atoms with Gasteiger partial charge in [0.05, 0.1) is 5.69 Å². The van der Waals surface area contributed by atoms with Crippen molar-refractivity contribution < 1.29 is 4.79 Å². The summed E-state index contributed by atoms with van der Waals surface area (Å²) in [5, 5.41) is 9.43. The Morgan fingerprint density at radius 2 is 1.76 bits per heavy atom. The summed E-state index contributed by atoms with van der Waals surface area (Å²) >= 11 is 1.46. The van der Waals surface area contributed by atoms with Gasteiger partial charge in [-0.2, -0.15) is 0 Å². The van der Waals surface area contributed by atoms with Gasteiger partial charge >= 0.3 is 0 Å². The number of hydrogen-bond donors (Lipinski definition) is 0. The van der Waals surface area contributed by atoms with Crippen LogP contribution < -0.4 is 0 Å². The number of rotatable bonds is 6. The average Bonchev–Trinajstić information content (AvgIpc) is 3.54. The van der Waals surface area contributed by atoms with E-state index in [9.17, 15) is 4.79 Å². The first-order valence-corrected chi connectivity index (χ1v) is 12.4. The number of hydrogen-bond acceptors (Lipinski definition) is 5. The van der Waals surface area contributed by atoms with Crippen molar-refractivity contribution in [3.8, 4) is 17.1 Å². The second-order valence-corrected chi connectivity index (χ2v) is 9.69. The minimum atomic E-state index is -0.394. The van der Waals surface area contributed by atoms with Crippen molar-refractivity contribution in [2.24, 2.45) is 0 Å². The zero-order valence-electron chi connectivity index (χ0n) is 19.4. The molecule has 1 unspecified atom stereocenters. The lowest BCUT2D eigenvalue weighted by atomic mass is 10.1. The van der Waals surface area contributed by atoms with Crippen molar-refractivity contribution in [3.63, 3.8) is 0 Å². The van der Waals surface area contributed by atoms with Gasteiger partial charge in [0.2, 0.25) is 5.91 Å². The molecule has 2 aromatic carbocycles. The van der Waals surface area contributed by atoms with Gasteiger partial charge in [0, 0.05) is 31.0 Å². The predicted octanol–water partition coefficient (Wildman–Crippen LogP) is 5.40. The van der Waals surface area contributed by atoms with E-state index in [0.717, 1.165) is 48.3 Å². The van der Waals surface area contributed by atoms with Crippen molar-refractivity contribution in [1.29, 1.82) is 0 Å². The Bertz CT molecular complexity index is 1280. The highest BCUT2D eigenvalue weighted by Gasteiger charge is 2.31. The first kappa shape index (κ1) is 22.3. The Kier molecular flexibility index (Phi) is 6.45. The largest absolute Gasteiger partial charge is 0.341 e. The van der Waals surface area contributed by atoms with Gasteiger partial charge in [-0.15, -0.1) is 10.2 Å². The summed E-state index contributed by atoms with van der Waals surface area (Å²) in [4.78, 5) is 19.9. The van der Waals surface area contributed by atoms with Crippen molar-refractivity contribution in [3.05, 3.63) is 89.7 Å². The van der Waals surface area contributed by atoms with Crippen LogP contribution in [0.2, 0.25) is 0 Å². The van der Waals surface area contributed by atoms with Gasteiger partial charge in [0.15, 0.2) is 11.0 Å². The van der Waals surface area contributed by atoms with Crippen molar-refractivity contribution in [2.75, 3.05) is 13.1 Å². The topological polar surface area (TPSA) is 63.9 Å². The third kappa shape index (κ3) is 4.48. The average molecular weight is 470 g/mol. The van der Waals surface area contributed by atoms with Gasteiger partial charge in [0.1, 0.15) is 5.25 Å². The number of aryl methyl sites for hydroxylation is 2. The van der Waals surface area contributed by atoms with Gasteiger partial charge in [-0.05, 0) is 56.0 Å². The Morgan fingerprint density at radius 1 is 0.971 bits per heavy atom. The second kappa shape index (κ2) is 9.81. The molecule has 0 spiro atoms. The van der Waals surface area contributed by atoms with Crippen LogP contribution in [0.15, 0.2) is 78.2 Å². The number of carbonyl (C=O) groups is 1. The van der Waals surface area contributed by atoms with E-state index in [0.29, 0.717) is 11.0 Å². The third-order valence-electron chi connectivity index (χ3n) is 6.11. The van der Waals surface area contributed by atoms with Crippen molar-refractivity contribution >= 4 is 17.7 Å². The number of carbonyl (C=O) groups excluding carboxylic acids is 1. The fourth-order valence-corrected chi connectivity index (χ4v) is 5.53. The van der Waals surface area contributed by atoms with Gasteiger partial charge < -0.3 is 4.90 Å². The molecule has 34 heavy (non-hydrogen) atoms. The number of thioether (sulfide) groups is 1. The van der Waals surface area contributed by atoms with Crippen LogP contribution in [0.25, 0.3) is 17.1 Å². The molecule has 0 saturated carbocycles. The number of amides is 1. The maximum Gasteiger partial charge on any atom is 0.240 e. The first-order chi connectivity index (χ1) is 16.6. The van der Waals surface area contributed by atoms with E-state index < -0.39 is 5.25 Å². The standard InChI is InChI=1S/C27H27N5OS/c1-19-12-13-23(20(2)17-19)32-25(22-11-8-14-28-18-22)29-30-27(32)34-24(21-9-4-3-5-10-21)26(33)31-15-6-7-16-31/h3-5,8-14,17-18,24H,6-7,15-16H2,1-2H3. The molecule has 6 nitrogen and oxygen atoms in total. The lowest BCUT2D eigenvalue weighted by molar-refractivity contribution is -0.129. The lowest BCUT2D eigenvalue weighted by Gasteiger charge is -2.23. The zero-order valence-corrected chi connectivity index (χ0v) is 20.2. The maximum absolute atomic E-state index is 13.6. The molecule has 0 N–H and O–H groups in total. The SMILES string of the molecule is Cc1ccc(-n2c(SC(C(=O)N3CCCC3)c3ccccc3)nnc2-c2cccnc2)c(C)c1. The Morgan fingerprint density at radius 3 is 2.47 bits per heavy atom. The fourth-order valence-electron chi connectivity index (χ4n) is 4.40. The number of benzene rings is 2. The molecule has 1 aliphatic rings. The van der Waals surface area contributed by atoms with Crippen LogP contribution in [-0.4, -0.2) is 43.6 Å². The van der Waals surface area contributed by atoms with Crippen LogP contribution in [0.4, 0.5) is 0 Å². The Hall–Kier alpha value is -3.45. The number of pyridine rings is 1. The highest BCUT2D eigenvalue weighted by Crippen LogP contribution is 2.39.